The Labute approximate surface area is 150 Å². The summed E-state index contributed by atoms with van der Waals surface area (Å²) in [6.07, 6.45) is 5.96. The molecule has 4 rings (SSSR count). The van der Waals surface area contributed by atoms with Crippen LogP contribution >= 0.6 is 0 Å². The summed E-state index contributed by atoms with van der Waals surface area (Å²) in [7, 11) is 0. The van der Waals surface area contributed by atoms with Gasteiger partial charge in [-0.2, -0.15) is 0 Å². The van der Waals surface area contributed by atoms with Gasteiger partial charge in [0.2, 0.25) is 5.91 Å². The summed E-state index contributed by atoms with van der Waals surface area (Å²) in [4.78, 5) is 12.8. The topological polar surface area (TPSA) is 47.6 Å². The normalized spacial score (nSPS) is 28.7. The summed E-state index contributed by atoms with van der Waals surface area (Å²) in [6, 6.07) is 6.12. The molecule has 0 bridgehead atoms. The van der Waals surface area contributed by atoms with Crippen molar-refractivity contribution in [1.82, 2.24) is 5.32 Å². The van der Waals surface area contributed by atoms with Crippen molar-refractivity contribution < 1.29 is 14.3 Å². The van der Waals surface area contributed by atoms with Crippen LogP contribution in [0.25, 0.3) is 0 Å². The van der Waals surface area contributed by atoms with Gasteiger partial charge in [0.05, 0.1) is 19.3 Å². The van der Waals surface area contributed by atoms with E-state index in [9.17, 15) is 4.79 Å². The molecular formula is C21H29NO3. The van der Waals surface area contributed by atoms with Gasteiger partial charge in [0, 0.05) is 12.3 Å². The van der Waals surface area contributed by atoms with Crippen LogP contribution in [0.5, 0.6) is 11.5 Å². The van der Waals surface area contributed by atoms with Gasteiger partial charge in [-0.3, -0.25) is 4.79 Å². The highest BCUT2D eigenvalue weighted by Crippen LogP contribution is 2.55. The summed E-state index contributed by atoms with van der Waals surface area (Å²) in [6.45, 7) is 5.70. The number of hydrogen-bond donors (Lipinski definition) is 1. The maximum absolute atomic E-state index is 12.8. The highest BCUT2D eigenvalue weighted by atomic mass is 16.5. The van der Waals surface area contributed by atoms with Crippen LogP contribution in [0.4, 0.5) is 0 Å². The van der Waals surface area contributed by atoms with Crippen LogP contribution in [-0.2, 0) is 4.79 Å². The summed E-state index contributed by atoms with van der Waals surface area (Å²) in [5.41, 5.74) is 1.11. The van der Waals surface area contributed by atoms with Gasteiger partial charge in [0.15, 0.2) is 11.5 Å². The molecular weight excluding hydrogens is 314 g/mol. The van der Waals surface area contributed by atoms with E-state index in [-0.39, 0.29) is 17.9 Å². The van der Waals surface area contributed by atoms with Crippen LogP contribution in [0.1, 0.15) is 57.6 Å². The molecule has 1 aromatic carbocycles. The first kappa shape index (κ1) is 16.7. The Hall–Kier alpha value is -1.71. The van der Waals surface area contributed by atoms with Crippen molar-refractivity contribution >= 4 is 5.91 Å². The van der Waals surface area contributed by atoms with E-state index in [2.05, 4.69) is 25.2 Å². The number of benzene rings is 1. The van der Waals surface area contributed by atoms with E-state index in [1.54, 1.807) is 0 Å². The van der Waals surface area contributed by atoms with E-state index in [1.807, 2.05) is 12.1 Å². The average Bonchev–Trinajstić information content (AvgIpc) is 3.37. The fraction of sp³-hybridized carbons (Fsp3) is 0.667. The first-order valence-electron chi connectivity index (χ1n) is 9.85. The summed E-state index contributed by atoms with van der Waals surface area (Å²) < 4.78 is 11.5. The van der Waals surface area contributed by atoms with Crippen molar-refractivity contribution in [1.29, 1.82) is 0 Å². The molecule has 4 heteroatoms. The lowest BCUT2D eigenvalue weighted by Gasteiger charge is -2.24. The summed E-state index contributed by atoms with van der Waals surface area (Å²) in [5.74, 6) is 3.73. The molecule has 1 amide bonds. The molecule has 1 N–H and O–H groups in total. The van der Waals surface area contributed by atoms with Crippen molar-refractivity contribution in [2.24, 2.45) is 23.7 Å². The van der Waals surface area contributed by atoms with E-state index >= 15 is 0 Å². The molecule has 2 fully saturated rings. The molecule has 2 aliphatic carbocycles. The maximum atomic E-state index is 12.8. The van der Waals surface area contributed by atoms with Gasteiger partial charge in [-0.05, 0) is 48.3 Å². The maximum Gasteiger partial charge on any atom is 0.224 e. The van der Waals surface area contributed by atoms with Crippen molar-refractivity contribution in [3.05, 3.63) is 23.8 Å². The smallest absolute Gasteiger partial charge is 0.224 e. The first-order chi connectivity index (χ1) is 12.1. The minimum absolute atomic E-state index is 0.0207. The van der Waals surface area contributed by atoms with Gasteiger partial charge in [-0.15, -0.1) is 0 Å². The standard InChI is InChI=1S/C21H29NO3/c1-13(2)20(22-21(23)19-15-6-3-4-7-16(15)19)14-8-9-17-18(12-14)25-11-5-10-24-17/h8-9,12-13,15-16,19-20H,3-7,10-11H2,1-2H3,(H,22,23)/t15-,16+,19?,20-/m1/s1. The van der Waals surface area contributed by atoms with Gasteiger partial charge in [-0.1, -0.05) is 32.8 Å². The number of carbonyl (C=O) groups is 1. The van der Waals surface area contributed by atoms with Crippen LogP contribution in [0.15, 0.2) is 18.2 Å². The van der Waals surface area contributed by atoms with E-state index in [1.165, 1.54) is 25.7 Å². The molecule has 25 heavy (non-hydrogen) atoms. The second-order valence-electron chi connectivity index (χ2n) is 8.12. The molecule has 4 atom stereocenters. The largest absolute Gasteiger partial charge is 0.490 e. The molecule has 1 heterocycles. The van der Waals surface area contributed by atoms with Gasteiger partial charge < -0.3 is 14.8 Å². The van der Waals surface area contributed by atoms with E-state index in [0.717, 1.165) is 23.5 Å². The molecule has 0 radical (unpaired) electrons. The Bertz CT molecular complexity index is 630. The number of amides is 1. The van der Waals surface area contributed by atoms with Gasteiger partial charge in [0.1, 0.15) is 0 Å². The first-order valence-corrected chi connectivity index (χ1v) is 9.85. The molecule has 2 saturated carbocycles. The number of nitrogens with one attached hydrogen (secondary N) is 1. The van der Waals surface area contributed by atoms with Crippen molar-refractivity contribution in [2.75, 3.05) is 13.2 Å². The number of rotatable bonds is 4. The van der Waals surface area contributed by atoms with Crippen LogP contribution < -0.4 is 14.8 Å². The van der Waals surface area contributed by atoms with Gasteiger partial charge >= 0.3 is 0 Å². The molecule has 136 valence electrons. The lowest BCUT2D eigenvalue weighted by Crippen LogP contribution is -2.33. The lowest BCUT2D eigenvalue weighted by molar-refractivity contribution is -0.124. The Morgan fingerprint density at radius 1 is 1.04 bits per heavy atom. The molecule has 0 spiro atoms. The van der Waals surface area contributed by atoms with Crippen LogP contribution in [0.2, 0.25) is 0 Å². The third-order valence-corrected chi connectivity index (χ3v) is 6.05. The third-order valence-electron chi connectivity index (χ3n) is 6.05. The Morgan fingerprint density at radius 2 is 1.72 bits per heavy atom. The predicted molar refractivity (Wildman–Crippen MR) is 96.7 cm³/mol. The lowest BCUT2D eigenvalue weighted by atomic mass is 9.95. The zero-order chi connectivity index (χ0) is 17.4. The second-order valence-corrected chi connectivity index (χ2v) is 8.12. The minimum atomic E-state index is 0.0207. The quantitative estimate of drug-likeness (QED) is 0.895. The average molecular weight is 343 g/mol. The van der Waals surface area contributed by atoms with Gasteiger partial charge in [-0.25, -0.2) is 0 Å². The third kappa shape index (κ3) is 3.36. The molecule has 1 unspecified atom stereocenters. The number of ether oxygens (including phenoxy) is 2. The van der Waals surface area contributed by atoms with Crippen molar-refractivity contribution in [3.8, 4) is 11.5 Å². The predicted octanol–water partition coefficient (Wildman–Crippen LogP) is 4.10. The van der Waals surface area contributed by atoms with Crippen LogP contribution in [0, 0.1) is 23.7 Å². The molecule has 0 aromatic heterocycles. The highest BCUT2D eigenvalue weighted by Gasteiger charge is 2.54. The van der Waals surface area contributed by atoms with Gasteiger partial charge in [0.25, 0.3) is 0 Å². The molecule has 0 saturated heterocycles. The molecule has 1 aliphatic heterocycles. The van der Waals surface area contributed by atoms with Crippen LogP contribution in [-0.4, -0.2) is 19.1 Å². The summed E-state index contributed by atoms with van der Waals surface area (Å²) >= 11 is 0. The number of hydrogen-bond acceptors (Lipinski definition) is 3. The van der Waals surface area contributed by atoms with E-state index < -0.39 is 0 Å². The SMILES string of the molecule is CC(C)[C@@H](NC(=O)C1[C@H]2CCCC[C@@H]12)c1ccc2c(c1)OCCCO2. The van der Waals surface area contributed by atoms with Crippen LogP contribution in [0.3, 0.4) is 0 Å². The van der Waals surface area contributed by atoms with Crippen molar-refractivity contribution in [3.63, 3.8) is 0 Å². The number of fused-ring (bicyclic) bond motifs is 2. The monoisotopic (exact) mass is 343 g/mol. The Kier molecular flexibility index (Phi) is 4.61. The highest BCUT2D eigenvalue weighted by molar-refractivity contribution is 5.82. The summed E-state index contributed by atoms with van der Waals surface area (Å²) in [5, 5.41) is 3.34. The molecule has 4 nitrogen and oxygen atoms in total. The van der Waals surface area contributed by atoms with E-state index in [0.29, 0.717) is 31.0 Å². The van der Waals surface area contributed by atoms with E-state index in [4.69, 9.17) is 9.47 Å². The second kappa shape index (κ2) is 6.89. The number of carbonyl (C=O) groups excluding carboxylic acids is 1. The zero-order valence-electron chi connectivity index (χ0n) is 15.3. The van der Waals surface area contributed by atoms with Crippen molar-refractivity contribution in [2.45, 2.75) is 52.0 Å². The molecule has 3 aliphatic rings. The minimum Gasteiger partial charge on any atom is -0.490 e. The fourth-order valence-electron chi connectivity index (χ4n) is 4.64. The zero-order valence-corrected chi connectivity index (χ0v) is 15.3. The fourth-order valence-corrected chi connectivity index (χ4v) is 4.64. The Balaban J connectivity index is 1.49. The Morgan fingerprint density at radius 3 is 2.40 bits per heavy atom. The molecule has 1 aromatic rings.